The molecule has 0 saturated heterocycles. The molecule has 0 unspecified atom stereocenters. The fourth-order valence-electron chi connectivity index (χ4n) is 7.94. The van der Waals surface area contributed by atoms with Crippen LogP contribution in [0.2, 0.25) is 0 Å². The van der Waals surface area contributed by atoms with Crippen LogP contribution < -0.4 is 4.74 Å². The van der Waals surface area contributed by atoms with Crippen molar-refractivity contribution in [1.82, 2.24) is 9.97 Å². The number of para-hydroxylation sites is 1. The van der Waals surface area contributed by atoms with Crippen molar-refractivity contribution < 1.29 is 4.74 Å². The second kappa shape index (κ2) is 11.3. The van der Waals surface area contributed by atoms with E-state index in [9.17, 15) is 0 Å². The zero-order valence-electron chi connectivity index (χ0n) is 27.1. The molecular weight excluding hydrogens is 609 g/mol. The largest absolute Gasteiger partial charge is 0.457 e. The summed E-state index contributed by atoms with van der Waals surface area (Å²) in [5, 5.41) is 0. The number of ether oxygens (including phenoxy) is 1. The Balaban J connectivity index is 1.11. The van der Waals surface area contributed by atoms with E-state index in [1.807, 2.05) is 36.4 Å². The first kappa shape index (κ1) is 28.4. The van der Waals surface area contributed by atoms with Crippen LogP contribution >= 0.6 is 0 Å². The molecule has 1 spiro atoms. The first-order valence-electron chi connectivity index (χ1n) is 17.0. The van der Waals surface area contributed by atoms with Gasteiger partial charge >= 0.3 is 0 Å². The van der Waals surface area contributed by atoms with Crippen LogP contribution in [-0.2, 0) is 5.41 Å². The molecule has 0 N–H and O–H groups in total. The van der Waals surface area contributed by atoms with Gasteiger partial charge in [-0.2, -0.15) is 0 Å². The molecule has 0 radical (unpaired) electrons. The fourth-order valence-corrected chi connectivity index (χ4v) is 7.94. The number of benzene rings is 7. The number of aromatic nitrogens is 2. The third-order valence-corrected chi connectivity index (χ3v) is 10.2. The van der Waals surface area contributed by atoms with E-state index < -0.39 is 5.41 Å². The molecule has 0 fully saturated rings. The quantitative estimate of drug-likeness (QED) is 0.192. The Morgan fingerprint density at radius 1 is 0.340 bits per heavy atom. The van der Waals surface area contributed by atoms with Gasteiger partial charge in [0, 0.05) is 27.8 Å². The van der Waals surface area contributed by atoms with Gasteiger partial charge in [-0.25, -0.2) is 9.97 Å². The molecule has 1 aromatic heterocycles. The van der Waals surface area contributed by atoms with Crippen LogP contribution in [0.1, 0.15) is 22.3 Å². The number of rotatable bonds is 4. The lowest BCUT2D eigenvalue weighted by Crippen LogP contribution is -2.32. The average Bonchev–Trinajstić information content (AvgIpc) is 3.49. The summed E-state index contributed by atoms with van der Waals surface area (Å²) >= 11 is 0. The Morgan fingerprint density at radius 3 is 1.48 bits per heavy atom. The van der Waals surface area contributed by atoms with E-state index in [-0.39, 0.29) is 0 Å². The van der Waals surface area contributed by atoms with Gasteiger partial charge in [0.15, 0.2) is 5.82 Å². The van der Waals surface area contributed by atoms with Crippen molar-refractivity contribution >= 4 is 0 Å². The summed E-state index contributed by atoms with van der Waals surface area (Å²) in [4.78, 5) is 10.0. The predicted molar refractivity (Wildman–Crippen MR) is 201 cm³/mol. The molecule has 50 heavy (non-hydrogen) atoms. The molecule has 0 saturated carbocycles. The van der Waals surface area contributed by atoms with Crippen molar-refractivity contribution in [1.29, 1.82) is 0 Å². The third-order valence-electron chi connectivity index (χ3n) is 10.2. The smallest absolute Gasteiger partial charge is 0.160 e. The number of hydrogen-bond acceptors (Lipinski definition) is 3. The molecule has 0 amide bonds. The summed E-state index contributed by atoms with van der Waals surface area (Å²) in [6, 6.07) is 64.2. The molecule has 0 atom stereocenters. The summed E-state index contributed by atoms with van der Waals surface area (Å²) in [7, 11) is 0. The summed E-state index contributed by atoms with van der Waals surface area (Å²) in [6.07, 6.45) is 0. The maximum absolute atomic E-state index is 6.64. The molecule has 1 aliphatic heterocycles. The highest BCUT2D eigenvalue weighted by atomic mass is 16.5. The summed E-state index contributed by atoms with van der Waals surface area (Å²) in [6.45, 7) is 0. The first-order chi connectivity index (χ1) is 24.8. The molecule has 1 aliphatic carbocycles. The van der Waals surface area contributed by atoms with Crippen LogP contribution in [0.25, 0.3) is 56.2 Å². The summed E-state index contributed by atoms with van der Waals surface area (Å²) in [5.74, 6) is 2.50. The second-order valence-electron chi connectivity index (χ2n) is 12.9. The molecular formula is C47H30N2O. The lowest BCUT2D eigenvalue weighted by atomic mass is 9.66. The molecule has 10 rings (SSSR count). The van der Waals surface area contributed by atoms with E-state index in [1.54, 1.807) is 0 Å². The zero-order chi connectivity index (χ0) is 33.1. The van der Waals surface area contributed by atoms with Crippen LogP contribution in [0.15, 0.2) is 182 Å². The maximum atomic E-state index is 6.64. The second-order valence-corrected chi connectivity index (χ2v) is 12.9. The van der Waals surface area contributed by atoms with Crippen LogP contribution in [0.4, 0.5) is 0 Å². The Hall–Kier alpha value is -6.58. The van der Waals surface area contributed by atoms with Crippen molar-refractivity contribution in [2.24, 2.45) is 0 Å². The standard InChI is InChI=1S/C47H30N2O/c1-3-13-32(14-4-1)42-30-43(49-46(48-42)34-15-5-2-6-16-34)33-25-23-31(24-26-33)35-27-28-45-41(29-35)47(40-21-11-12-22-44(40)50-45)38-19-9-7-17-36(38)37-18-8-10-20-39(37)47/h1-30H. The topological polar surface area (TPSA) is 35.0 Å². The van der Waals surface area contributed by atoms with Gasteiger partial charge in [0.2, 0.25) is 0 Å². The normalized spacial score (nSPS) is 13.1. The van der Waals surface area contributed by atoms with Gasteiger partial charge in [-0.05, 0) is 57.6 Å². The van der Waals surface area contributed by atoms with Crippen molar-refractivity contribution in [2.45, 2.75) is 5.41 Å². The van der Waals surface area contributed by atoms with Crippen LogP contribution in [0.5, 0.6) is 11.5 Å². The van der Waals surface area contributed by atoms with Gasteiger partial charge in [0.05, 0.1) is 16.8 Å². The van der Waals surface area contributed by atoms with Gasteiger partial charge in [-0.1, -0.05) is 158 Å². The molecule has 0 bridgehead atoms. The van der Waals surface area contributed by atoms with Gasteiger partial charge < -0.3 is 4.74 Å². The molecule has 2 aliphatic rings. The van der Waals surface area contributed by atoms with Crippen molar-refractivity contribution in [3.63, 3.8) is 0 Å². The lowest BCUT2D eigenvalue weighted by molar-refractivity contribution is 0.436. The maximum Gasteiger partial charge on any atom is 0.160 e. The zero-order valence-corrected chi connectivity index (χ0v) is 27.1. The Kier molecular flexibility index (Phi) is 6.40. The SMILES string of the molecule is c1ccc(-c2cc(-c3ccc(-c4ccc5c(c4)C4(c6ccccc6O5)c5ccccc5-c5ccccc54)cc3)nc(-c3ccccc3)n2)cc1. The highest BCUT2D eigenvalue weighted by molar-refractivity contribution is 5.89. The lowest BCUT2D eigenvalue weighted by Gasteiger charge is -2.39. The van der Waals surface area contributed by atoms with Crippen molar-refractivity contribution in [3.8, 4) is 67.7 Å². The van der Waals surface area contributed by atoms with Gasteiger partial charge in [0.25, 0.3) is 0 Å². The highest BCUT2D eigenvalue weighted by Crippen LogP contribution is 2.62. The van der Waals surface area contributed by atoms with Crippen molar-refractivity contribution in [2.75, 3.05) is 0 Å². The predicted octanol–water partition coefficient (Wildman–Crippen LogP) is 11.6. The Bertz CT molecular complexity index is 2450. The number of hydrogen-bond donors (Lipinski definition) is 0. The summed E-state index contributed by atoms with van der Waals surface area (Å²) < 4.78 is 6.64. The minimum Gasteiger partial charge on any atom is -0.457 e. The molecule has 8 aromatic rings. The van der Waals surface area contributed by atoms with E-state index >= 15 is 0 Å². The molecule has 3 nitrogen and oxygen atoms in total. The summed E-state index contributed by atoms with van der Waals surface area (Å²) in [5.41, 5.74) is 14.1. The van der Waals surface area contributed by atoms with Crippen LogP contribution in [0.3, 0.4) is 0 Å². The van der Waals surface area contributed by atoms with Crippen LogP contribution in [0, 0.1) is 0 Å². The van der Waals surface area contributed by atoms with E-state index in [4.69, 9.17) is 14.7 Å². The molecule has 2 heterocycles. The van der Waals surface area contributed by atoms with Gasteiger partial charge in [-0.15, -0.1) is 0 Å². The Labute approximate surface area is 291 Å². The first-order valence-corrected chi connectivity index (χ1v) is 17.0. The highest BCUT2D eigenvalue weighted by Gasteiger charge is 2.50. The monoisotopic (exact) mass is 638 g/mol. The number of fused-ring (bicyclic) bond motifs is 9. The fraction of sp³-hybridized carbons (Fsp3) is 0.0213. The average molecular weight is 639 g/mol. The van der Waals surface area contributed by atoms with Gasteiger partial charge in [-0.3, -0.25) is 0 Å². The van der Waals surface area contributed by atoms with E-state index in [0.717, 1.165) is 56.3 Å². The minimum absolute atomic E-state index is 0.490. The third kappa shape index (κ3) is 4.30. The van der Waals surface area contributed by atoms with E-state index in [1.165, 1.54) is 27.8 Å². The Morgan fingerprint density at radius 2 is 0.820 bits per heavy atom. The molecule has 7 aromatic carbocycles. The minimum atomic E-state index is -0.490. The van der Waals surface area contributed by atoms with E-state index in [2.05, 4.69) is 146 Å². The van der Waals surface area contributed by atoms with Crippen molar-refractivity contribution in [3.05, 3.63) is 204 Å². The molecule has 3 heteroatoms. The van der Waals surface area contributed by atoms with Crippen LogP contribution in [-0.4, -0.2) is 9.97 Å². The van der Waals surface area contributed by atoms with Gasteiger partial charge in [0.1, 0.15) is 11.5 Å². The van der Waals surface area contributed by atoms with E-state index in [0.29, 0.717) is 5.82 Å². The molecule has 234 valence electrons. The number of nitrogens with zero attached hydrogens (tertiary/aromatic N) is 2.